The number of fused-ring (bicyclic) bond motifs is 1. The van der Waals surface area contributed by atoms with E-state index >= 15 is 0 Å². The van der Waals surface area contributed by atoms with Gasteiger partial charge in [-0.3, -0.25) is 4.79 Å². The van der Waals surface area contributed by atoms with Gasteiger partial charge in [-0.25, -0.2) is 0 Å². The summed E-state index contributed by atoms with van der Waals surface area (Å²) in [6.45, 7) is 6.07. The van der Waals surface area contributed by atoms with Crippen LogP contribution >= 0.6 is 0 Å². The standard InChI is InChI=1S/C18H30O4/c1-4-5-6-7-8-9-13-10-11-18(21-13)12-14-15(22-18)17(2,3)16(19)20-14/h13-15H,4-12H2,1-3H3. The molecule has 0 aliphatic carbocycles. The summed E-state index contributed by atoms with van der Waals surface area (Å²) >= 11 is 0. The molecule has 0 bridgehead atoms. The fourth-order valence-corrected chi connectivity index (χ4v) is 4.11. The van der Waals surface area contributed by atoms with Crippen LogP contribution in [0.15, 0.2) is 0 Å². The zero-order valence-corrected chi connectivity index (χ0v) is 14.2. The van der Waals surface area contributed by atoms with Crippen molar-refractivity contribution < 1.29 is 19.0 Å². The molecule has 126 valence electrons. The number of esters is 1. The van der Waals surface area contributed by atoms with Gasteiger partial charge in [-0.2, -0.15) is 0 Å². The Bertz CT molecular complexity index is 419. The van der Waals surface area contributed by atoms with Gasteiger partial charge in [0.1, 0.15) is 12.2 Å². The summed E-state index contributed by atoms with van der Waals surface area (Å²) < 4.78 is 18.0. The molecule has 4 atom stereocenters. The third-order valence-electron chi connectivity index (χ3n) is 5.55. The first-order valence-corrected chi connectivity index (χ1v) is 9.03. The van der Waals surface area contributed by atoms with Crippen LogP contribution < -0.4 is 0 Å². The summed E-state index contributed by atoms with van der Waals surface area (Å²) in [6, 6.07) is 0. The Balaban J connectivity index is 1.48. The number of carbonyl (C=O) groups is 1. The number of ether oxygens (including phenoxy) is 3. The molecule has 3 aliphatic heterocycles. The van der Waals surface area contributed by atoms with Gasteiger partial charge >= 0.3 is 5.97 Å². The van der Waals surface area contributed by atoms with E-state index in [-0.39, 0.29) is 18.2 Å². The van der Waals surface area contributed by atoms with E-state index in [9.17, 15) is 4.79 Å². The van der Waals surface area contributed by atoms with Crippen LogP contribution in [0.1, 0.15) is 78.6 Å². The Labute approximate surface area is 133 Å². The third-order valence-corrected chi connectivity index (χ3v) is 5.55. The molecular weight excluding hydrogens is 280 g/mol. The molecule has 3 heterocycles. The second-order valence-electron chi connectivity index (χ2n) is 7.80. The normalized spacial score (nSPS) is 39.4. The van der Waals surface area contributed by atoms with Gasteiger partial charge in [0.25, 0.3) is 0 Å². The lowest BCUT2D eigenvalue weighted by atomic mass is 9.87. The zero-order chi connectivity index (χ0) is 15.8. The molecule has 22 heavy (non-hydrogen) atoms. The number of hydrogen-bond donors (Lipinski definition) is 0. The van der Waals surface area contributed by atoms with Crippen molar-refractivity contribution in [2.75, 3.05) is 0 Å². The topological polar surface area (TPSA) is 44.8 Å². The molecule has 3 aliphatic rings. The first-order chi connectivity index (χ1) is 10.5. The lowest BCUT2D eigenvalue weighted by Gasteiger charge is -2.28. The summed E-state index contributed by atoms with van der Waals surface area (Å²) in [5, 5.41) is 0. The van der Waals surface area contributed by atoms with Crippen molar-refractivity contribution in [2.45, 2.75) is 103 Å². The smallest absolute Gasteiger partial charge is 0.314 e. The van der Waals surface area contributed by atoms with Gasteiger partial charge in [0.2, 0.25) is 0 Å². The summed E-state index contributed by atoms with van der Waals surface area (Å²) in [7, 11) is 0. The minimum atomic E-state index is -0.546. The Morgan fingerprint density at radius 2 is 1.91 bits per heavy atom. The maximum atomic E-state index is 11.9. The molecule has 0 saturated carbocycles. The second kappa shape index (κ2) is 6.12. The average Bonchev–Trinajstić information content (AvgIpc) is 3.08. The molecule has 0 N–H and O–H groups in total. The molecule has 4 nitrogen and oxygen atoms in total. The fraction of sp³-hybridized carbons (Fsp3) is 0.944. The lowest BCUT2D eigenvalue weighted by molar-refractivity contribution is -0.228. The van der Waals surface area contributed by atoms with Crippen LogP contribution in [0.2, 0.25) is 0 Å². The Morgan fingerprint density at radius 3 is 2.64 bits per heavy atom. The van der Waals surface area contributed by atoms with Crippen molar-refractivity contribution >= 4 is 5.97 Å². The monoisotopic (exact) mass is 310 g/mol. The molecule has 0 aromatic carbocycles. The van der Waals surface area contributed by atoms with Gasteiger partial charge < -0.3 is 14.2 Å². The Morgan fingerprint density at radius 1 is 1.14 bits per heavy atom. The average molecular weight is 310 g/mol. The first-order valence-electron chi connectivity index (χ1n) is 9.03. The van der Waals surface area contributed by atoms with Gasteiger partial charge in [0.05, 0.1) is 11.5 Å². The Hall–Kier alpha value is -0.610. The molecule has 4 heteroatoms. The molecule has 4 unspecified atom stereocenters. The molecule has 3 fully saturated rings. The van der Waals surface area contributed by atoms with Crippen LogP contribution in [0.3, 0.4) is 0 Å². The van der Waals surface area contributed by atoms with Crippen molar-refractivity contribution in [3.05, 3.63) is 0 Å². The number of carbonyl (C=O) groups excluding carboxylic acids is 1. The van der Waals surface area contributed by atoms with E-state index in [2.05, 4.69) is 6.92 Å². The van der Waals surface area contributed by atoms with Crippen LogP contribution in [-0.4, -0.2) is 30.1 Å². The highest BCUT2D eigenvalue weighted by Gasteiger charge is 2.63. The van der Waals surface area contributed by atoms with Crippen molar-refractivity contribution in [3.63, 3.8) is 0 Å². The van der Waals surface area contributed by atoms with E-state index < -0.39 is 11.2 Å². The number of unbranched alkanes of at least 4 members (excludes halogenated alkanes) is 4. The van der Waals surface area contributed by atoms with Crippen LogP contribution in [0.4, 0.5) is 0 Å². The molecule has 3 rings (SSSR count). The van der Waals surface area contributed by atoms with Gasteiger partial charge in [-0.05, 0) is 26.7 Å². The molecule has 0 radical (unpaired) electrons. The maximum absolute atomic E-state index is 11.9. The van der Waals surface area contributed by atoms with Crippen LogP contribution in [0.5, 0.6) is 0 Å². The molecule has 0 aromatic heterocycles. The summed E-state index contributed by atoms with van der Waals surface area (Å²) in [5.74, 6) is -0.621. The fourth-order valence-electron chi connectivity index (χ4n) is 4.11. The Kier molecular flexibility index (Phi) is 4.52. The molecular formula is C18H30O4. The van der Waals surface area contributed by atoms with Gasteiger partial charge in [0, 0.05) is 12.8 Å². The van der Waals surface area contributed by atoms with E-state index in [1.165, 1.54) is 32.1 Å². The van der Waals surface area contributed by atoms with Crippen LogP contribution in [0, 0.1) is 5.41 Å². The summed E-state index contributed by atoms with van der Waals surface area (Å²) in [6.07, 6.45) is 10.4. The highest BCUT2D eigenvalue weighted by Crippen LogP contribution is 2.51. The van der Waals surface area contributed by atoms with Crippen molar-refractivity contribution in [1.82, 2.24) is 0 Å². The van der Waals surface area contributed by atoms with E-state index in [1.54, 1.807) is 0 Å². The van der Waals surface area contributed by atoms with E-state index in [0.717, 1.165) is 19.3 Å². The van der Waals surface area contributed by atoms with Crippen molar-refractivity contribution in [2.24, 2.45) is 5.41 Å². The van der Waals surface area contributed by atoms with Gasteiger partial charge in [-0.1, -0.05) is 39.0 Å². The van der Waals surface area contributed by atoms with Crippen LogP contribution in [0.25, 0.3) is 0 Å². The predicted octanol–water partition coefficient (Wildman–Crippen LogP) is 3.96. The second-order valence-corrected chi connectivity index (χ2v) is 7.80. The highest BCUT2D eigenvalue weighted by atomic mass is 16.7. The molecule has 3 saturated heterocycles. The lowest BCUT2D eigenvalue weighted by Crippen LogP contribution is -2.37. The van der Waals surface area contributed by atoms with Crippen molar-refractivity contribution in [3.8, 4) is 0 Å². The molecule has 0 aromatic rings. The van der Waals surface area contributed by atoms with E-state index in [1.807, 2.05) is 13.8 Å². The predicted molar refractivity (Wildman–Crippen MR) is 83.4 cm³/mol. The number of hydrogen-bond acceptors (Lipinski definition) is 4. The summed E-state index contributed by atoms with van der Waals surface area (Å²) in [4.78, 5) is 11.9. The minimum absolute atomic E-state index is 0.120. The van der Waals surface area contributed by atoms with E-state index in [0.29, 0.717) is 12.5 Å². The van der Waals surface area contributed by atoms with E-state index in [4.69, 9.17) is 14.2 Å². The third kappa shape index (κ3) is 2.92. The minimum Gasteiger partial charge on any atom is -0.459 e. The SMILES string of the molecule is CCCCCCCC1CCC2(CC3OC(=O)C(C)(C)C3O2)O1. The van der Waals surface area contributed by atoms with Crippen molar-refractivity contribution in [1.29, 1.82) is 0 Å². The van der Waals surface area contributed by atoms with Gasteiger partial charge in [-0.15, -0.1) is 0 Å². The maximum Gasteiger partial charge on any atom is 0.314 e. The zero-order valence-electron chi connectivity index (χ0n) is 14.2. The van der Waals surface area contributed by atoms with Crippen LogP contribution in [-0.2, 0) is 19.0 Å². The quantitative estimate of drug-likeness (QED) is 0.550. The number of rotatable bonds is 6. The molecule has 0 amide bonds. The summed E-state index contributed by atoms with van der Waals surface area (Å²) in [5.41, 5.74) is -0.546. The largest absolute Gasteiger partial charge is 0.459 e. The highest BCUT2D eigenvalue weighted by molar-refractivity contribution is 5.79. The first kappa shape index (κ1) is 16.3. The van der Waals surface area contributed by atoms with Gasteiger partial charge in [0.15, 0.2) is 5.79 Å². The molecule has 1 spiro atoms.